The smallest absolute Gasteiger partial charge is 0.282 e. The van der Waals surface area contributed by atoms with Crippen molar-refractivity contribution in [3.8, 4) is 0 Å². The SMILES string of the molecule is O=[35S](=O)(O)c1cccc(C(F)(F)F)c1. The Morgan fingerprint density at radius 1 is 1.21 bits per heavy atom. The molecule has 0 aliphatic carbocycles. The highest BCUT2D eigenvalue weighted by Gasteiger charge is 2.31. The zero-order valence-electron chi connectivity index (χ0n) is 6.62. The molecule has 0 aliphatic rings. The average molecular weight is 229 g/mol. The van der Waals surface area contributed by atoms with Crippen LogP contribution in [0.4, 0.5) is 13.2 Å². The standard InChI is InChI=1S/C7H5F3O3S/c8-7(9,10)5-2-1-3-6(4-5)14(11,12)13/h1-4H,(H,11,12,13)/i14+3. The third-order valence-corrected chi connectivity index (χ3v) is 2.31. The van der Waals surface area contributed by atoms with E-state index >= 15 is 0 Å². The summed E-state index contributed by atoms with van der Waals surface area (Å²) >= 11 is 0. The number of hydrogen-bond acceptors (Lipinski definition) is 2. The van der Waals surface area contributed by atoms with Gasteiger partial charge >= 0.3 is 6.18 Å². The number of halogens is 3. The third-order valence-electron chi connectivity index (χ3n) is 1.46. The highest BCUT2D eigenvalue weighted by molar-refractivity contribution is 7.85. The summed E-state index contributed by atoms with van der Waals surface area (Å²) in [6.45, 7) is 0. The van der Waals surface area contributed by atoms with Crippen LogP contribution >= 0.6 is 0 Å². The zero-order valence-corrected chi connectivity index (χ0v) is 7.43. The molecule has 0 saturated heterocycles. The van der Waals surface area contributed by atoms with Gasteiger partial charge in [0.25, 0.3) is 10.1 Å². The summed E-state index contributed by atoms with van der Waals surface area (Å²) in [6, 6.07) is 2.88. The maximum Gasteiger partial charge on any atom is 0.416 e. The first-order chi connectivity index (χ1) is 6.21. The van der Waals surface area contributed by atoms with E-state index in [4.69, 9.17) is 4.55 Å². The van der Waals surface area contributed by atoms with E-state index in [1.807, 2.05) is 0 Å². The molecule has 0 aliphatic heterocycles. The van der Waals surface area contributed by atoms with Crippen molar-refractivity contribution in [2.45, 2.75) is 11.1 Å². The van der Waals surface area contributed by atoms with Gasteiger partial charge in [-0.3, -0.25) is 4.55 Å². The Hall–Kier alpha value is -1.08. The molecule has 0 atom stereocenters. The van der Waals surface area contributed by atoms with E-state index in [0.29, 0.717) is 12.1 Å². The molecule has 3 nitrogen and oxygen atoms in total. The predicted molar refractivity (Wildman–Crippen MR) is 41.3 cm³/mol. The molecule has 0 bridgehead atoms. The minimum atomic E-state index is -4.62. The summed E-state index contributed by atoms with van der Waals surface area (Å²) in [5.41, 5.74) is -1.12. The van der Waals surface area contributed by atoms with E-state index in [2.05, 4.69) is 0 Å². The Labute approximate surface area is 77.9 Å². The van der Waals surface area contributed by atoms with Crippen LogP contribution in [0.5, 0.6) is 0 Å². The molecule has 0 amide bonds. The summed E-state index contributed by atoms with van der Waals surface area (Å²) < 4.78 is 65.7. The van der Waals surface area contributed by atoms with Gasteiger partial charge in [-0.05, 0) is 18.2 Å². The molecule has 7 heteroatoms. The first-order valence-corrected chi connectivity index (χ1v) is 4.80. The maximum absolute atomic E-state index is 12.1. The van der Waals surface area contributed by atoms with Crippen LogP contribution in [0.2, 0.25) is 0 Å². The van der Waals surface area contributed by atoms with Crippen molar-refractivity contribution in [3.05, 3.63) is 29.8 Å². The lowest BCUT2D eigenvalue weighted by atomic mass is 10.2. The van der Waals surface area contributed by atoms with Crippen molar-refractivity contribution in [1.29, 1.82) is 0 Å². The zero-order chi connectivity index (χ0) is 11.0. The molecule has 0 spiro atoms. The number of alkyl halides is 3. The van der Waals surface area contributed by atoms with Gasteiger partial charge in [0.15, 0.2) is 0 Å². The number of benzene rings is 1. The van der Waals surface area contributed by atoms with Crippen LogP contribution in [0, 0.1) is 0 Å². The monoisotopic (exact) mass is 229 g/mol. The summed E-state index contributed by atoms with van der Waals surface area (Å²) in [5.74, 6) is 0. The van der Waals surface area contributed by atoms with Gasteiger partial charge in [-0.25, -0.2) is 0 Å². The van der Waals surface area contributed by atoms with Crippen molar-refractivity contribution >= 4 is 10.1 Å². The molecule has 1 rings (SSSR count). The van der Waals surface area contributed by atoms with Crippen LogP contribution < -0.4 is 0 Å². The number of hydrogen-bond donors (Lipinski definition) is 1. The third kappa shape index (κ3) is 2.46. The number of rotatable bonds is 1. The van der Waals surface area contributed by atoms with Crippen LogP contribution in [0.15, 0.2) is 29.2 Å². The highest BCUT2D eigenvalue weighted by atomic mass is 35.1. The predicted octanol–water partition coefficient (Wildman–Crippen LogP) is 1.95. The summed E-state index contributed by atoms with van der Waals surface area (Å²) in [6.07, 6.45) is -4.62. The quantitative estimate of drug-likeness (QED) is 0.748. The minimum absolute atomic E-state index is 0.370. The van der Waals surface area contributed by atoms with Crippen molar-refractivity contribution in [2.75, 3.05) is 0 Å². The van der Waals surface area contributed by atoms with Gasteiger partial charge in [-0.15, -0.1) is 0 Å². The molecule has 1 aromatic carbocycles. The summed E-state index contributed by atoms with van der Waals surface area (Å²) in [5, 5.41) is 0. The first-order valence-electron chi connectivity index (χ1n) is 3.36. The second kappa shape index (κ2) is 3.25. The lowest BCUT2D eigenvalue weighted by Crippen LogP contribution is -2.07. The van der Waals surface area contributed by atoms with Gasteiger partial charge in [0.1, 0.15) is 0 Å². The molecule has 0 aromatic heterocycles. The van der Waals surface area contributed by atoms with Gasteiger partial charge in [-0.1, -0.05) is 6.07 Å². The Morgan fingerprint density at radius 2 is 1.79 bits per heavy atom. The fourth-order valence-corrected chi connectivity index (χ4v) is 1.36. The van der Waals surface area contributed by atoms with E-state index in [1.54, 1.807) is 0 Å². The Kier molecular flexibility index (Phi) is 2.55. The Bertz CT molecular complexity index is 436. The van der Waals surface area contributed by atoms with Gasteiger partial charge in [0, 0.05) is 0 Å². The van der Waals surface area contributed by atoms with E-state index in [1.165, 1.54) is 0 Å². The second-order valence-electron chi connectivity index (χ2n) is 2.50. The van der Waals surface area contributed by atoms with Gasteiger partial charge in [0.05, 0.1) is 10.5 Å². The molecule has 0 fully saturated rings. The minimum Gasteiger partial charge on any atom is -0.282 e. The molecule has 0 radical (unpaired) electrons. The van der Waals surface area contributed by atoms with Crippen LogP contribution in [0.25, 0.3) is 0 Å². The van der Waals surface area contributed by atoms with Gasteiger partial charge < -0.3 is 0 Å². The highest BCUT2D eigenvalue weighted by Crippen LogP contribution is 2.30. The molecule has 78 valence electrons. The van der Waals surface area contributed by atoms with Crippen molar-refractivity contribution in [3.63, 3.8) is 0 Å². The maximum atomic E-state index is 12.1. The molecule has 0 heterocycles. The van der Waals surface area contributed by atoms with Gasteiger partial charge in [0.2, 0.25) is 0 Å². The molecular weight excluding hydrogens is 224 g/mol. The first kappa shape index (κ1) is 11.0. The van der Waals surface area contributed by atoms with E-state index in [-0.39, 0.29) is 0 Å². The normalized spacial score (nSPS) is 12.9. The Morgan fingerprint density at radius 3 is 2.21 bits per heavy atom. The lowest BCUT2D eigenvalue weighted by molar-refractivity contribution is -0.137. The molecule has 0 unspecified atom stereocenters. The fraction of sp³-hybridized carbons (Fsp3) is 0.143. The van der Waals surface area contributed by atoms with Crippen LogP contribution in [0.3, 0.4) is 0 Å². The van der Waals surface area contributed by atoms with Crippen molar-refractivity contribution < 1.29 is 26.1 Å². The largest absolute Gasteiger partial charge is 0.416 e. The van der Waals surface area contributed by atoms with E-state index in [9.17, 15) is 21.6 Å². The van der Waals surface area contributed by atoms with Crippen LogP contribution in [-0.4, -0.2) is 13.0 Å². The second-order valence-corrected chi connectivity index (χ2v) is 3.92. The summed E-state index contributed by atoms with van der Waals surface area (Å²) in [4.78, 5) is -0.771. The fourth-order valence-electron chi connectivity index (χ4n) is 0.833. The molecule has 1 N–H and O–H groups in total. The molecule has 14 heavy (non-hydrogen) atoms. The van der Waals surface area contributed by atoms with E-state index < -0.39 is 26.8 Å². The van der Waals surface area contributed by atoms with Crippen LogP contribution in [-0.2, 0) is 16.3 Å². The van der Waals surface area contributed by atoms with Crippen molar-refractivity contribution in [1.82, 2.24) is 0 Å². The topological polar surface area (TPSA) is 54.4 Å². The molecule has 0 saturated carbocycles. The molecular formula is C7H5F3O3S. The summed E-state index contributed by atoms with van der Waals surface area (Å²) in [7, 11) is -4.59. The lowest BCUT2D eigenvalue weighted by Gasteiger charge is -2.06. The van der Waals surface area contributed by atoms with Crippen molar-refractivity contribution in [2.24, 2.45) is 0 Å². The van der Waals surface area contributed by atoms with Gasteiger partial charge in [-0.2, -0.15) is 21.6 Å². The average Bonchev–Trinajstić information content (AvgIpc) is 2.01. The van der Waals surface area contributed by atoms with Crippen LogP contribution in [0.1, 0.15) is 5.56 Å². The molecule has 1 aromatic rings. The Balaban J connectivity index is 3.29. The van der Waals surface area contributed by atoms with E-state index in [0.717, 1.165) is 12.1 Å².